The molecule has 2 heterocycles. The molecule has 0 N–H and O–H groups in total. The second kappa shape index (κ2) is 4.90. The number of hydrogen-bond donors (Lipinski definition) is 0. The molecule has 1 aliphatic carbocycles. The topological polar surface area (TPSA) is 43.6 Å². The zero-order chi connectivity index (χ0) is 13.4. The van der Waals surface area contributed by atoms with Crippen LogP contribution in [0.4, 0.5) is 0 Å². The Morgan fingerprint density at radius 2 is 2.05 bits per heavy atom. The van der Waals surface area contributed by atoms with E-state index in [2.05, 4.69) is 33.3 Å². The lowest BCUT2D eigenvalue weighted by Gasteiger charge is -1.99. The highest BCUT2D eigenvalue weighted by molar-refractivity contribution is 7.99. The first-order chi connectivity index (χ1) is 9.88. The van der Waals surface area contributed by atoms with Crippen LogP contribution in [-0.2, 0) is 0 Å². The fourth-order valence-electron chi connectivity index (χ4n) is 2.13. The van der Waals surface area contributed by atoms with Gasteiger partial charge in [0.2, 0.25) is 0 Å². The summed E-state index contributed by atoms with van der Waals surface area (Å²) in [6.07, 6.45) is 9.90. The van der Waals surface area contributed by atoms with E-state index in [1.807, 2.05) is 22.6 Å². The number of rotatable bonds is 4. The highest BCUT2D eigenvalue weighted by atomic mass is 32.2. The van der Waals surface area contributed by atoms with Gasteiger partial charge in [-0.05, 0) is 37.0 Å². The molecule has 0 unspecified atom stereocenters. The third kappa shape index (κ3) is 2.41. The quantitative estimate of drug-likeness (QED) is 0.689. The zero-order valence-electron chi connectivity index (χ0n) is 10.9. The van der Waals surface area contributed by atoms with Crippen molar-refractivity contribution in [2.45, 2.75) is 17.7 Å². The highest BCUT2D eigenvalue weighted by Crippen LogP contribution is 2.35. The van der Waals surface area contributed by atoms with E-state index in [9.17, 15) is 0 Å². The van der Waals surface area contributed by atoms with Crippen LogP contribution in [0.3, 0.4) is 0 Å². The third-order valence-electron chi connectivity index (χ3n) is 3.47. The minimum absolute atomic E-state index is 0.885. The maximum Gasteiger partial charge on any atom is 0.115 e. The molecule has 0 amide bonds. The van der Waals surface area contributed by atoms with E-state index in [1.165, 1.54) is 29.8 Å². The zero-order valence-corrected chi connectivity index (χ0v) is 11.8. The summed E-state index contributed by atoms with van der Waals surface area (Å²) in [4.78, 5) is 9.38. The minimum Gasteiger partial charge on any atom is -0.243 e. The van der Waals surface area contributed by atoms with Crippen LogP contribution < -0.4 is 0 Å². The average molecular weight is 282 g/mol. The van der Waals surface area contributed by atoms with Crippen molar-refractivity contribution in [3.05, 3.63) is 43.1 Å². The van der Waals surface area contributed by atoms with Gasteiger partial charge in [-0.3, -0.25) is 0 Å². The minimum atomic E-state index is 0.885. The van der Waals surface area contributed by atoms with Crippen LogP contribution in [0, 0.1) is 5.92 Å². The maximum atomic E-state index is 4.56. The third-order valence-corrected chi connectivity index (χ3v) is 4.70. The monoisotopic (exact) mass is 282 g/mol. The first kappa shape index (κ1) is 11.9. The molecule has 1 aromatic carbocycles. The molecule has 0 spiro atoms. The van der Waals surface area contributed by atoms with E-state index in [0.717, 1.165) is 22.5 Å². The van der Waals surface area contributed by atoms with Gasteiger partial charge in [0.15, 0.2) is 0 Å². The molecule has 0 aliphatic heterocycles. The molecule has 20 heavy (non-hydrogen) atoms. The van der Waals surface area contributed by atoms with E-state index >= 15 is 0 Å². The summed E-state index contributed by atoms with van der Waals surface area (Å²) in [6, 6.07) is 6.47. The number of hydrogen-bond acceptors (Lipinski definition) is 4. The van der Waals surface area contributed by atoms with Crippen LogP contribution in [0.1, 0.15) is 12.8 Å². The number of aromatic nitrogens is 4. The van der Waals surface area contributed by atoms with Gasteiger partial charge in [-0.2, -0.15) is 5.10 Å². The molecular weight excluding hydrogens is 268 g/mol. The van der Waals surface area contributed by atoms with Crippen LogP contribution in [-0.4, -0.2) is 25.5 Å². The van der Waals surface area contributed by atoms with E-state index in [1.54, 1.807) is 12.4 Å². The Labute approximate surface area is 121 Å². The first-order valence-corrected chi connectivity index (χ1v) is 7.75. The predicted octanol–water partition coefficient (Wildman–Crippen LogP) is 3.32. The molecule has 4 nitrogen and oxygen atoms in total. The molecule has 4 rings (SSSR count). The summed E-state index contributed by atoms with van der Waals surface area (Å²) < 4.78 is 1.83. The second-order valence-electron chi connectivity index (χ2n) is 5.15. The maximum absolute atomic E-state index is 4.56. The first-order valence-electron chi connectivity index (χ1n) is 6.76. The van der Waals surface area contributed by atoms with Gasteiger partial charge in [0.25, 0.3) is 0 Å². The van der Waals surface area contributed by atoms with Crippen LogP contribution in [0.2, 0.25) is 0 Å². The summed E-state index contributed by atoms with van der Waals surface area (Å²) in [6.45, 7) is 0. The standard InChI is InChI=1S/C15H14N4S/c1-2-11(1)9-20-14-3-4-15-12(5-14)8-19(18-15)13-6-16-10-17-7-13/h3-8,10-11H,1-2,9H2. The fraction of sp³-hybridized carbons (Fsp3) is 0.267. The van der Waals surface area contributed by atoms with Crippen molar-refractivity contribution in [2.24, 2.45) is 5.92 Å². The van der Waals surface area contributed by atoms with Gasteiger partial charge >= 0.3 is 0 Å². The Bertz CT molecular complexity index is 734. The van der Waals surface area contributed by atoms with Crippen molar-refractivity contribution in [2.75, 3.05) is 5.75 Å². The lowest BCUT2D eigenvalue weighted by Crippen LogP contribution is -1.95. The molecule has 0 saturated heterocycles. The van der Waals surface area contributed by atoms with Crippen LogP contribution in [0.25, 0.3) is 16.6 Å². The van der Waals surface area contributed by atoms with E-state index in [4.69, 9.17) is 0 Å². The second-order valence-corrected chi connectivity index (χ2v) is 6.24. The lowest BCUT2D eigenvalue weighted by molar-refractivity contribution is 0.877. The van der Waals surface area contributed by atoms with Gasteiger partial charge in [0, 0.05) is 22.2 Å². The molecule has 1 fully saturated rings. The Morgan fingerprint density at radius 1 is 1.20 bits per heavy atom. The molecule has 0 bridgehead atoms. The molecule has 1 aliphatic rings. The number of nitrogens with zero attached hydrogens (tertiary/aromatic N) is 4. The molecule has 5 heteroatoms. The molecule has 100 valence electrons. The molecule has 0 atom stereocenters. The summed E-state index contributed by atoms with van der Waals surface area (Å²) >= 11 is 1.95. The van der Waals surface area contributed by atoms with Crippen LogP contribution >= 0.6 is 11.8 Å². The van der Waals surface area contributed by atoms with Gasteiger partial charge in [-0.25, -0.2) is 14.6 Å². The fourth-order valence-corrected chi connectivity index (χ4v) is 3.27. The largest absolute Gasteiger partial charge is 0.243 e. The van der Waals surface area contributed by atoms with Crippen molar-refractivity contribution >= 4 is 22.7 Å². The molecule has 2 aromatic heterocycles. The van der Waals surface area contributed by atoms with Gasteiger partial charge in [-0.15, -0.1) is 11.8 Å². The summed E-state index contributed by atoms with van der Waals surface area (Å²) in [5.74, 6) is 2.19. The Hall–Kier alpha value is -1.88. The van der Waals surface area contributed by atoms with Gasteiger partial charge < -0.3 is 0 Å². The summed E-state index contributed by atoms with van der Waals surface area (Å²) in [5.41, 5.74) is 1.89. The number of fused-ring (bicyclic) bond motifs is 1. The van der Waals surface area contributed by atoms with Crippen LogP contribution in [0.15, 0.2) is 48.0 Å². The van der Waals surface area contributed by atoms with Crippen molar-refractivity contribution in [1.82, 2.24) is 19.7 Å². The van der Waals surface area contributed by atoms with E-state index < -0.39 is 0 Å². The SMILES string of the molecule is c1ncc(-n2cc3cc(SCC4CC4)ccc3n2)cn1. The Balaban J connectivity index is 1.64. The molecule has 0 radical (unpaired) electrons. The van der Waals surface area contributed by atoms with Gasteiger partial charge in [-0.1, -0.05) is 0 Å². The van der Waals surface area contributed by atoms with Gasteiger partial charge in [0.1, 0.15) is 12.0 Å². The van der Waals surface area contributed by atoms with Crippen molar-refractivity contribution in [3.63, 3.8) is 0 Å². The molecule has 1 saturated carbocycles. The summed E-state index contributed by atoms with van der Waals surface area (Å²) in [5, 5.41) is 5.72. The lowest BCUT2D eigenvalue weighted by atomic mass is 10.3. The van der Waals surface area contributed by atoms with Crippen molar-refractivity contribution in [3.8, 4) is 5.69 Å². The van der Waals surface area contributed by atoms with Crippen molar-refractivity contribution in [1.29, 1.82) is 0 Å². The van der Waals surface area contributed by atoms with Crippen molar-refractivity contribution < 1.29 is 0 Å². The predicted molar refractivity (Wildman–Crippen MR) is 80.1 cm³/mol. The van der Waals surface area contributed by atoms with E-state index in [0.29, 0.717) is 0 Å². The summed E-state index contributed by atoms with van der Waals surface area (Å²) in [7, 11) is 0. The number of benzene rings is 1. The smallest absolute Gasteiger partial charge is 0.115 e. The molecule has 3 aromatic rings. The normalized spacial score (nSPS) is 14.8. The van der Waals surface area contributed by atoms with Crippen LogP contribution in [0.5, 0.6) is 0 Å². The average Bonchev–Trinajstić information content (AvgIpc) is 3.23. The van der Waals surface area contributed by atoms with Gasteiger partial charge in [0.05, 0.1) is 17.9 Å². The Morgan fingerprint density at radius 3 is 2.85 bits per heavy atom. The number of thioether (sulfide) groups is 1. The Kier molecular flexibility index (Phi) is 2.92. The highest BCUT2D eigenvalue weighted by Gasteiger charge is 2.21. The van der Waals surface area contributed by atoms with E-state index in [-0.39, 0.29) is 0 Å². The molecular formula is C15H14N4S.